The Kier molecular flexibility index (Phi) is 3.74. The van der Waals surface area contributed by atoms with Crippen molar-refractivity contribution in [3.05, 3.63) is 30.1 Å². The van der Waals surface area contributed by atoms with Crippen LogP contribution in [0.25, 0.3) is 0 Å². The van der Waals surface area contributed by atoms with E-state index in [2.05, 4.69) is 36.3 Å². The summed E-state index contributed by atoms with van der Waals surface area (Å²) in [7, 11) is 0. The molecule has 0 fully saturated rings. The molecule has 1 aromatic heterocycles. The number of nitrogens with one attached hydrogen (secondary N) is 1. The van der Waals surface area contributed by atoms with E-state index >= 15 is 0 Å². The summed E-state index contributed by atoms with van der Waals surface area (Å²) in [6.07, 6.45) is 4.81. The third-order valence-corrected chi connectivity index (χ3v) is 1.97. The SMILES string of the molecule is CCNC(CC)c1ccncc1. The lowest BCUT2D eigenvalue weighted by atomic mass is 10.1. The van der Waals surface area contributed by atoms with Crippen molar-refractivity contribution in [1.29, 1.82) is 0 Å². The minimum Gasteiger partial charge on any atom is -0.310 e. The van der Waals surface area contributed by atoms with Crippen molar-refractivity contribution in [2.45, 2.75) is 26.3 Å². The maximum absolute atomic E-state index is 3.99. The standard InChI is InChI=1S/C10H16N2/c1-3-10(12-4-2)9-5-7-11-8-6-9/h5-8,10,12H,3-4H2,1-2H3. The van der Waals surface area contributed by atoms with E-state index in [-0.39, 0.29) is 0 Å². The molecule has 1 rings (SSSR count). The molecule has 1 heterocycles. The Hall–Kier alpha value is -0.890. The van der Waals surface area contributed by atoms with Crippen LogP contribution in [-0.2, 0) is 0 Å². The second-order valence-electron chi connectivity index (χ2n) is 2.80. The van der Waals surface area contributed by atoms with Crippen molar-refractivity contribution in [2.24, 2.45) is 0 Å². The molecular formula is C10H16N2. The van der Waals surface area contributed by atoms with Crippen LogP contribution < -0.4 is 5.32 Å². The van der Waals surface area contributed by atoms with Crippen LogP contribution in [0.3, 0.4) is 0 Å². The van der Waals surface area contributed by atoms with Gasteiger partial charge in [0.25, 0.3) is 0 Å². The zero-order valence-electron chi connectivity index (χ0n) is 7.75. The van der Waals surface area contributed by atoms with Crippen molar-refractivity contribution in [3.8, 4) is 0 Å². The summed E-state index contributed by atoms with van der Waals surface area (Å²) in [4.78, 5) is 3.99. The topological polar surface area (TPSA) is 24.9 Å². The van der Waals surface area contributed by atoms with Crippen LogP contribution in [0.15, 0.2) is 24.5 Å². The average Bonchev–Trinajstić information content (AvgIpc) is 2.15. The molecule has 1 unspecified atom stereocenters. The second-order valence-corrected chi connectivity index (χ2v) is 2.80. The quantitative estimate of drug-likeness (QED) is 0.737. The number of hydrogen-bond donors (Lipinski definition) is 1. The Balaban J connectivity index is 2.66. The van der Waals surface area contributed by atoms with Crippen molar-refractivity contribution in [3.63, 3.8) is 0 Å². The van der Waals surface area contributed by atoms with Crippen molar-refractivity contribution in [2.75, 3.05) is 6.54 Å². The van der Waals surface area contributed by atoms with Crippen molar-refractivity contribution in [1.82, 2.24) is 10.3 Å². The maximum Gasteiger partial charge on any atom is 0.0318 e. The largest absolute Gasteiger partial charge is 0.310 e. The summed E-state index contributed by atoms with van der Waals surface area (Å²) >= 11 is 0. The molecule has 2 heteroatoms. The van der Waals surface area contributed by atoms with E-state index in [0.29, 0.717) is 6.04 Å². The molecule has 0 saturated carbocycles. The molecule has 1 aromatic rings. The molecule has 0 aliphatic rings. The summed E-state index contributed by atoms with van der Waals surface area (Å²) in [6, 6.07) is 4.62. The van der Waals surface area contributed by atoms with E-state index < -0.39 is 0 Å². The predicted octanol–water partition coefficient (Wildman–Crippen LogP) is 2.14. The zero-order chi connectivity index (χ0) is 8.81. The van der Waals surface area contributed by atoms with Gasteiger partial charge in [-0.25, -0.2) is 0 Å². The van der Waals surface area contributed by atoms with Gasteiger partial charge in [-0.3, -0.25) is 4.98 Å². The van der Waals surface area contributed by atoms with Crippen LogP contribution in [0.5, 0.6) is 0 Å². The molecule has 66 valence electrons. The molecule has 2 nitrogen and oxygen atoms in total. The van der Waals surface area contributed by atoms with Gasteiger partial charge in [0, 0.05) is 18.4 Å². The highest BCUT2D eigenvalue weighted by Gasteiger charge is 2.05. The number of aromatic nitrogens is 1. The highest BCUT2D eigenvalue weighted by Crippen LogP contribution is 2.14. The Labute approximate surface area is 74.0 Å². The Bertz CT molecular complexity index is 208. The van der Waals surface area contributed by atoms with E-state index in [1.165, 1.54) is 5.56 Å². The molecule has 0 amide bonds. The Morgan fingerprint density at radius 2 is 2.00 bits per heavy atom. The lowest BCUT2D eigenvalue weighted by Crippen LogP contribution is -2.19. The Morgan fingerprint density at radius 1 is 1.33 bits per heavy atom. The molecule has 0 bridgehead atoms. The summed E-state index contributed by atoms with van der Waals surface area (Å²) in [5, 5.41) is 3.42. The van der Waals surface area contributed by atoms with Gasteiger partial charge in [-0.15, -0.1) is 0 Å². The van der Waals surface area contributed by atoms with Gasteiger partial charge in [0.1, 0.15) is 0 Å². The number of pyridine rings is 1. The van der Waals surface area contributed by atoms with Gasteiger partial charge in [-0.05, 0) is 30.7 Å². The van der Waals surface area contributed by atoms with Gasteiger partial charge in [-0.1, -0.05) is 13.8 Å². The normalized spacial score (nSPS) is 12.8. The van der Waals surface area contributed by atoms with Crippen LogP contribution in [0.4, 0.5) is 0 Å². The molecule has 0 radical (unpaired) electrons. The first-order valence-electron chi connectivity index (χ1n) is 4.51. The van der Waals surface area contributed by atoms with Crippen LogP contribution in [-0.4, -0.2) is 11.5 Å². The summed E-state index contributed by atoms with van der Waals surface area (Å²) in [6.45, 7) is 5.33. The second kappa shape index (κ2) is 4.88. The van der Waals surface area contributed by atoms with Gasteiger partial charge in [-0.2, -0.15) is 0 Å². The predicted molar refractivity (Wildman–Crippen MR) is 50.9 cm³/mol. The molecule has 0 saturated heterocycles. The minimum atomic E-state index is 0.484. The molecular weight excluding hydrogens is 148 g/mol. The first-order valence-corrected chi connectivity index (χ1v) is 4.51. The lowest BCUT2D eigenvalue weighted by molar-refractivity contribution is 0.537. The third-order valence-electron chi connectivity index (χ3n) is 1.97. The number of nitrogens with zero attached hydrogens (tertiary/aromatic N) is 1. The summed E-state index contributed by atoms with van der Waals surface area (Å²) in [5.74, 6) is 0. The van der Waals surface area contributed by atoms with Gasteiger partial charge in [0.05, 0.1) is 0 Å². The van der Waals surface area contributed by atoms with Gasteiger partial charge in [0.15, 0.2) is 0 Å². The summed E-state index contributed by atoms with van der Waals surface area (Å²) < 4.78 is 0. The van der Waals surface area contributed by atoms with Crippen LogP contribution in [0.1, 0.15) is 31.9 Å². The highest BCUT2D eigenvalue weighted by atomic mass is 14.9. The monoisotopic (exact) mass is 164 g/mol. The molecule has 0 aliphatic carbocycles. The van der Waals surface area contributed by atoms with E-state index in [9.17, 15) is 0 Å². The van der Waals surface area contributed by atoms with Crippen molar-refractivity contribution >= 4 is 0 Å². The van der Waals surface area contributed by atoms with E-state index in [4.69, 9.17) is 0 Å². The smallest absolute Gasteiger partial charge is 0.0318 e. The van der Waals surface area contributed by atoms with Gasteiger partial charge >= 0.3 is 0 Å². The molecule has 1 atom stereocenters. The lowest BCUT2D eigenvalue weighted by Gasteiger charge is -2.15. The average molecular weight is 164 g/mol. The minimum absolute atomic E-state index is 0.484. The fraction of sp³-hybridized carbons (Fsp3) is 0.500. The fourth-order valence-corrected chi connectivity index (χ4v) is 1.34. The molecule has 12 heavy (non-hydrogen) atoms. The Morgan fingerprint density at radius 3 is 2.50 bits per heavy atom. The summed E-state index contributed by atoms with van der Waals surface area (Å²) in [5.41, 5.74) is 1.33. The van der Waals surface area contributed by atoms with E-state index in [0.717, 1.165) is 13.0 Å². The van der Waals surface area contributed by atoms with Crippen LogP contribution >= 0.6 is 0 Å². The van der Waals surface area contributed by atoms with Crippen LogP contribution in [0, 0.1) is 0 Å². The zero-order valence-corrected chi connectivity index (χ0v) is 7.75. The highest BCUT2D eigenvalue weighted by molar-refractivity contribution is 5.14. The fourth-order valence-electron chi connectivity index (χ4n) is 1.34. The first-order chi connectivity index (χ1) is 5.88. The number of hydrogen-bond acceptors (Lipinski definition) is 2. The maximum atomic E-state index is 3.99. The van der Waals surface area contributed by atoms with Crippen molar-refractivity contribution < 1.29 is 0 Å². The van der Waals surface area contributed by atoms with E-state index in [1.807, 2.05) is 12.4 Å². The van der Waals surface area contributed by atoms with Gasteiger partial charge in [0.2, 0.25) is 0 Å². The first kappa shape index (κ1) is 9.20. The third kappa shape index (κ3) is 2.31. The van der Waals surface area contributed by atoms with Crippen LogP contribution in [0.2, 0.25) is 0 Å². The van der Waals surface area contributed by atoms with Gasteiger partial charge < -0.3 is 5.32 Å². The molecule has 0 spiro atoms. The molecule has 0 aromatic carbocycles. The molecule has 0 aliphatic heterocycles. The molecule has 1 N–H and O–H groups in total. The number of rotatable bonds is 4. The van der Waals surface area contributed by atoms with E-state index in [1.54, 1.807) is 0 Å².